The second kappa shape index (κ2) is 11.3. The first-order valence-electron chi connectivity index (χ1n) is 9.62. The fraction of sp³-hybridized carbons (Fsp3) is 0.0870. The molecule has 0 aromatic heterocycles. The molecular formula is C23H18Cl3N3O3S. The van der Waals surface area contributed by atoms with E-state index in [1.54, 1.807) is 67.6 Å². The van der Waals surface area contributed by atoms with E-state index in [4.69, 9.17) is 51.8 Å². The van der Waals surface area contributed by atoms with Crippen molar-refractivity contribution in [3.8, 4) is 5.75 Å². The fourth-order valence-corrected chi connectivity index (χ4v) is 3.60. The van der Waals surface area contributed by atoms with Crippen molar-refractivity contribution in [3.05, 3.63) is 87.4 Å². The Morgan fingerprint density at radius 3 is 2.27 bits per heavy atom. The van der Waals surface area contributed by atoms with E-state index in [2.05, 4.69) is 16.0 Å². The van der Waals surface area contributed by atoms with Gasteiger partial charge in [0.05, 0.1) is 15.6 Å². The fourth-order valence-electron chi connectivity index (χ4n) is 2.71. The third-order valence-electron chi connectivity index (χ3n) is 4.30. The second-order valence-electron chi connectivity index (χ2n) is 6.79. The first-order valence-corrected chi connectivity index (χ1v) is 11.2. The van der Waals surface area contributed by atoms with Gasteiger partial charge in [0, 0.05) is 16.4 Å². The average Bonchev–Trinajstić information content (AvgIpc) is 2.76. The van der Waals surface area contributed by atoms with Gasteiger partial charge in [-0.15, -0.1) is 0 Å². The Kier molecular flexibility index (Phi) is 8.52. The number of hydrogen-bond donors (Lipinski definition) is 3. The molecule has 0 aliphatic heterocycles. The molecule has 3 N–H and O–H groups in total. The van der Waals surface area contributed by atoms with Crippen LogP contribution in [0, 0.1) is 0 Å². The molecular weight excluding hydrogens is 505 g/mol. The molecule has 0 aliphatic rings. The molecule has 170 valence electrons. The minimum absolute atomic E-state index is 0.0623. The maximum absolute atomic E-state index is 12.5. The lowest BCUT2D eigenvalue weighted by Crippen LogP contribution is -2.42. The van der Waals surface area contributed by atoms with E-state index in [9.17, 15) is 9.59 Å². The molecule has 3 aromatic carbocycles. The second-order valence-corrected chi connectivity index (χ2v) is 8.45. The topological polar surface area (TPSA) is 79.5 Å². The molecule has 0 radical (unpaired) electrons. The van der Waals surface area contributed by atoms with Crippen molar-refractivity contribution in [1.82, 2.24) is 5.32 Å². The van der Waals surface area contributed by atoms with E-state index >= 15 is 0 Å². The molecule has 0 heterocycles. The summed E-state index contributed by atoms with van der Waals surface area (Å²) >= 11 is 23.2. The van der Waals surface area contributed by atoms with Gasteiger partial charge in [-0.05, 0) is 67.7 Å². The van der Waals surface area contributed by atoms with Crippen LogP contribution in [0.4, 0.5) is 11.4 Å². The molecule has 0 saturated carbocycles. The van der Waals surface area contributed by atoms with Crippen LogP contribution in [-0.4, -0.2) is 23.0 Å². The number of ether oxygens (including phenoxy) is 1. The maximum Gasteiger partial charge on any atom is 0.266 e. The Labute approximate surface area is 211 Å². The van der Waals surface area contributed by atoms with Crippen molar-refractivity contribution >= 4 is 75.3 Å². The predicted molar refractivity (Wildman–Crippen MR) is 137 cm³/mol. The summed E-state index contributed by atoms with van der Waals surface area (Å²) in [6.07, 6.45) is -0.871. The normalized spacial score (nSPS) is 11.3. The molecule has 1 atom stereocenters. The maximum atomic E-state index is 12.5. The summed E-state index contributed by atoms with van der Waals surface area (Å²) in [7, 11) is 0. The first kappa shape index (κ1) is 24.8. The number of benzene rings is 3. The van der Waals surface area contributed by atoms with E-state index in [1.807, 2.05) is 0 Å². The first-order chi connectivity index (χ1) is 15.7. The lowest BCUT2D eigenvalue weighted by molar-refractivity contribution is -0.125. The number of rotatable bonds is 6. The van der Waals surface area contributed by atoms with E-state index in [0.717, 1.165) is 0 Å². The highest BCUT2D eigenvalue weighted by molar-refractivity contribution is 7.80. The highest BCUT2D eigenvalue weighted by Gasteiger charge is 2.18. The van der Waals surface area contributed by atoms with E-state index in [0.29, 0.717) is 37.8 Å². The summed E-state index contributed by atoms with van der Waals surface area (Å²) in [5, 5.41) is 9.39. The number of amides is 2. The largest absolute Gasteiger partial charge is 0.479 e. The lowest BCUT2D eigenvalue weighted by atomic mass is 10.2. The molecule has 0 aliphatic carbocycles. The summed E-state index contributed by atoms with van der Waals surface area (Å²) < 4.78 is 5.58. The van der Waals surface area contributed by atoms with Gasteiger partial charge in [-0.1, -0.05) is 53.0 Å². The molecule has 1 unspecified atom stereocenters. The van der Waals surface area contributed by atoms with Crippen LogP contribution >= 0.6 is 47.0 Å². The average molecular weight is 523 g/mol. The molecule has 33 heavy (non-hydrogen) atoms. The highest BCUT2D eigenvalue weighted by Crippen LogP contribution is 2.28. The van der Waals surface area contributed by atoms with Crippen molar-refractivity contribution < 1.29 is 14.3 Å². The molecule has 2 amide bonds. The van der Waals surface area contributed by atoms with Crippen LogP contribution in [0.25, 0.3) is 0 Å². The number of thiocarbonyl (C=S) groups is 1. The minimum Gasteiger partial charge on any atom is -0.479 e. The van der Waals surface area contributed by atoms with Crippen LogP contribution in [0.15, 0.2) is 66.7 Å². The standard InChI is InChI=1S/C23H18Cl3N3O3S/c1-13(32-20-10-9-14(24)11-19(20)26)21(30)29-23(33)28-16-6-4-5-15(12-16)27-22(31)17-7-2-3-8-18(17)25/h2-13H,1H3,(H,27,31)(H2,28,29,30,33). The molecule has 0 bridgehead atoms. The van der Waals surface area contributed by atoms with Gasteiger partial charge in [0.1, 0.15) is 5.75 Å². The van der Waals surface area contributed by atoms with Crippen molar-refractivity contribution in [2.75, 3.05) is 10.6 Å². The molecule has 3 aromatic rings. The Balaban J connectivity index is 1.57. The smallest absolute Gasteiger partial charge is 0.266 e. The molecule has 3 rings (SSSR count). The van der Waals surface area contributed by atoms with Crippen LogP contribution in [0.2, 0.25) is 15.1 Å². The Morgan fingerprint density at radius 1 is 0.879 bits per heavy atom. The number of carbonyl (C=O) groups is 2. The molecule has 6 nitrogen and oxygen atoms in total. The quantitative estimate of drug-likeness (QED) is 0.337. The zero-order valence-corrected chi connectivity index (χ0v) is 20.3. The summed E-state index contributed by atoms with van der Waals surface area (Å²) in [6, 6.07) is 18.3. The van der Waals surface area contributed by atoms with Crippen molar-refractivity contribution in [1.29, 1.82) is 0 Å². The molecule has 0 fully saturated rings. The third-order valence-corrected chi connectivity index (χ3v) is 5.36. The summed E-state index contributed by atoms with van der Waals surface area (Å²) in [4.78, 5) is 24.9. The molecule has 0 spiro atoms. The van der Waals surface area contributed by atoms with E-state index < -0.39 is 12.0 Å². The van der Waals surface area contributed by atoms with E-state index in [1.165, 1.54) is 6.07 Å². The zero-order chi connectivity index (χ0) is 24.0. The molecule has 10 heteroatoms. The Hall–Kier alpha value is -2.84. The van der Waals surface area contributed by atoms with Crippen LogP contribution in [-0.2, 0) is 4.79 Å². The van der Waals surface area contributed by atoms with Gasteiger partial charge in [-0.25, -0.2) is 0 Å². The SMILES string of the molecule is CC(Oc1ccc(Cl)cc1Cl)C(=O)NC(=S)Nc1cccc(NC(=O)c2ccccc2Cl)c1. The number of carbonyl (C=O) groups excluding carboxylic acids is 2. The number of anilines is 2. The summed E-state index contributed by atoms with van der Waals surface area (Å²) in [5.74, 6) is -0.494. The molecule has 0 saturated heterocycles. The Bertz CT molecular complexity index is 1210. The van der Waals surface area contributed by atoms with Crippen LogP contribution in [0.5, 0.6) is 5.75 Å². The van der Waals surface area contributed by atoms with E-state index in [-0.39, 0.29) is 11.0 Å². The van der Waals surface area contributed by atoms with Gasteiger partial charge in [0.15, 0.2) is 11.2 Å². The van der Waals surface area contributed by atoms with Crippen LogP contribution in [0.3, 0.4) is 0 Å². The summed E-state index contributed by atoms with van der Waals surface area (Å²) in [5.41, 5.74) is 1.44. The minimum atomic E-state index is -0.871. The van der Waals surface area contributed by atoms with Gasteiger partial charge in [-0.3, -0.25) is 14.9 Å². The van der Waals surface area contributed by atoms with Crippen molar-refractivity contribution in [2.24, 2.45) is 0 Å². The van der Waals surface area contributed by atoms with Crippen LogP contribution < -0.4 is 20.7 Å². The number of halogens is 3. The lowest BCUT2D eigenvalue weighted by Gasteiger charge is -2.17. The predicted octanol–water partition coefficient (Wildman–Crippen LogP) is 6.18. The Morgan fingerprint density at radius 2 is 1.58 bits per heavy atom. The van der Waals surface area contributed by atoms with Gasteiger partial charge in [0.2, 0.25) is 0 Å². The highest BCUT2D eigenvalue weighted by atomic mass is 35.5. The summed E-state index contributed by atoms with van der Waals surface area (Å²) in [6.45, 7) is 1.56. The monoisotopic (exact) mass is 521 g/mol. The van der Waals surface area contributed by atoms with Crippen molar-refractivity contribution in [3.63, 3.8) is 0 Å². The number of hydrogen-bond acceptors (Lipinski definition) is 4. The van der Waals surface area contributed by atoms with Gasteiger partial charge >= 0.3 is 0 Å². The number of nitrogens with one attached hydrogen (secondary N) is 3. The van der Waals surface area contributed by atoms with Gasteiger partial charge in [-0.2, -0.15) is 0 Å². The van der Waals surface area contributed by atoms with Crippen LogP contribution in [0.1, 0.15) is 17.3 Å². The van der Waals surface area contributed by atoms with Crippen molar-refractivity contribution in [2.45, 2.75) is 13.0 Å². The van der Waals surface area contributed by atoms with Gasteiger partial charge in [0.25, 0.3) is 11.8 Å². The van der Waals surface area contributed by atoms with Gasteiger partial charge < -0.3 is 15.4 Å². The third kappa shape index (κ3) is 7.07. The zero-order valence-electron chi connectivity index (χ0n) is 17.2.